The molecule has 0 aliphatic rings. The molecule has 0 saturated heterocycles. The Hall–Kier alpha value is -3.88. The smallest absolute Gasteiger partial charge is 0.0468 e. The van der Waals surface area contributed by atoms with E-state index in [1.807, 2.05) is 11.3 Å². The number of benzene rings is 5. The van der Waals surface area contributed by atoms with Gasteiger partial charge in [0, 0.05) is 37.2 Å². The summed E-state index contributed by atoms with van der Waals surface area (Å²) in [4.78, 5) is 2.38. The van der Waals surface area contributed by atoms with Crippen LogP contribution in [0.1, 0.15) is 18.1 Å². The van der Waals surface area contributed by atoms with Crippen LogP contribution < -0.4 is 4.90 Å². The highest BCUT2D eigenvalue weighted by Crippen LogP contribution is 2.41. The van der Waals surface area contributed by atoms with Crippen LogP contribution in [0.5, 0.6) is 0 Å². The summed E-state index contributed by atoms with van der Waals surface area (Å²) in [6.45, 7) is 4.24. The van der Waals surface area contributed by atoms with Crippen LogP contribution in [0.2, 0.25) is 0 Å². The van der Waals surface area contributed by atoms with Gasteiger partial charge in [-0.1, -0.05) is 66.7 Å². The van der Waals surface area contributed by atoms with E-state index < -0.39 is 0 Å². The number of thiophene rings is 1. The largest absolute Gasteiger partial charge is 0.310 e. The van der Waals surface area contributed by atoms with Crippen molar-refractivity contribution >= 4 is 65.4 Å². The average molecular weight is 456 g/mol. The first-order valence-electron chi connectivity index (χ1n) is 11.6. The highest BCUT2D eigenvalue weighted by molar-refractivity contribution is 7.25. The SMILES string of the molecule is C/C=C\c1cc(N(c2ccc3ccccc3c2)c2ccc3sc4ccccc4c3c2)ccc1C. The van der Waals surface area contributed by atoms with E-state index in [9.17, 15) is 0 Å². The normalized spacial score (nSPS) is 11.7. The van der Waals surface area contributed by atoms with Crippen molar-refractivity contribution in [1.29, 1.82) is 0 Å². The van der Waals surface area contributed by atoms with Crippen molar-refractivity contribution < 1.29 is 0 Å². The molecule has 1 nitrogen and oxygen atoms in total. The summed E-state index contributed by atoms with van der Waals surface area (Å²) in [7, 11) is 0. The third-order valence-corrected chi connectivity index (χ3v) is 7.63. The quantitative estimate of drug-likeness (QED) is 0.255. The van der Waals surface area contributed by atoms with Crippen LogP contribution in [-0.2, 0) is 0 Å². The maximum absolute atomic E-state index is 2.38. The van der Waals surface area contributed by atoms with Gasteiger partial charge in [0.1, 0.15) is 0 Å². The molecule has 0 radical (unpaired) electrons. The van der Waals surface area contributed by atoms with Crippen LogP contribution in [0.3, 0.4) is 0 Å². The molecule has 1 aromatic heterocycles. The van der Waals surface area contributed by atoms with Crippen molar-refractivity contribution in [3.8, 4) is 0 Å². The third kappa shape index (κ3) is 3.57. The van der Waals surface area contributed by atoms with Crippen LogP contribution in [0.15, 0.2) is 109 Å². The Kier molecular flexibility index (Phi) is 5.16. The van der Waals surface area contributed by atoms with E-state index in [1.54, 1.807) is 0 Å². The van der Waals surface area contributed by atoms with E-state index in [0.29, 0.717) is 0 Å². The highest BCUT2D eigenvalue weighted by Gasteiger charge is 2.16. The van der Waals surface area contributed by atoms with Crippen molar-refractivity contribution in [2.24, 2.45) is 0 Å². The molecule has 164 valence electrons. The van der Waals surface area contributed by atoms with E-state index in [4.69, 9.17) is 0 Å². The minimum absolute atomic E-state index is 1.16. The highest BCUT2D eigenvalue weighted by atomic mass is 32.1. The van der Waals surface area contributed by atoms with Gasteiger partial charge in [-0.25, -0.2) is 0 Å². The molecule has 1 heterocycles. The summed E-state index contributed by atoms with van der Waals surface area (Å²) in [5, 5.41) is 5.13. The van der Waals surface area contributed by atoms with E-state index in [-0.39, 0.29) is 0 Å². The second kappa shape index (κ2) is 8.48. The summed E-state index contributed by atoms with van der Waals surface area (Å²) in [5.41, 5.74) is 6.01. The molecule has 0 fully saturated rings. The second-order valence-electron chi connectivity index (χ2n) is 8.69. The molecule has 6 rings (SSSR count). The van der Waals surface area contributed by atoms with Gasteiger partial charge < -0.3 is 4.90 Å². The maximum Gasteiger partial charge on any atom is 0.0468 e. The zero-order valence-electron chi connectivity index (χ0n) is 19.3. The monoisotopic (exact) mass is 455 g/mol. The van der Waals surface area contributed by atoms with Gasteiger partial charge in [0.05, 0.1) is 0 Å². The van der Waals surface area contributed by atoms with Crippen LogP contribution in [-0.4, -0.2) is 0 Å². The number of fused-ring (bicyclic) bond motifs is 4. The summed E-state index contributed by atoms with van der Waals surface area (Å²) in [6.07, 6.45) is 4.29. The van der Waals surface area contributed by atoms with Crippen LogP contribution >= 0.6 is 11.3 Å². The first-order chi connectivity index (χ1) is 16.7. The average Bonchev–Trinajstić information content (AvgIpc) is 3.24. The number of hydrogen-bond donors (Lipinski definition) is 0. The predicted molar refractivity (Wildman–Crippen MR) is 151 cm³/mol. The molecule has 6 aromatic rings. The van der Waals surface area contributed by atoms with Crippen molar-refractivity contribution in [2.75, 3.05) is 4.90 Å². The molecule has 0 spiro atoms. The molecular weight excluding hydrogens is 430 g/mol. The first-order valence-corrected chi connectivity index (χ1v) is 12.5. The molecule has 5 aromatic carbocycles. The van der Waals surface area contributed by atoms with Crippen molar-refractivity contribution in [3.63, 3.8) is 0 Å². The lowest BCUT2D eigenvalue weighted by Crippen LogP contribution is -2.10. The Morgan fingerprint density at radius 1 is 0.618 bits per heavy atom. The van der Waals surface area contributed by atoms with Crippen LogP contribution in [0.25, 0.3) is 37.0 Å². The predicted octanol–water partition coefficient (Wildman–Crippen LogP) is 10.0. The molecule has 0 bridgehead atoms. The number of hydrogen-bond acceptors (Lipinski definition) is 2. The number of aryl methyl sites for hydroxylation is 1. The van der Waals surface area contributed by atoms with E-state index >= 15 is 0 Å². The Balaban J connectivity index is 1.60. The fraction of sp³-hybridized carbons (Fsp3) is 0.0625. The van der Waals surface area contributed by atoms with Crippen LogP contribution in [0.4, 0.5) is 17.1 Å². The lowest BCUT2D eigenvalue weighted by molar-refractivity contribution is 1.28. The van der Waals surface area contributed by atoms with Crippen LogP contribution in [0, 0.1) is 6.92 Å². The van der Waals surface area contributed by atoms with Gasteiger partial charge in [0.2, 0.25) is 0 Å². The Bertz CT molecular complexity index is 1690. The molecule has 0 N–H and O–H groups in total. The van der Waals surface area contributed by atoms with Gasteiger partial charge >= 0.3 is 0 Å². The minimum atomic E-state index is 1.16. The minimum Gasteiger partial charge on any atom is -0.310 e. The van der Waals surface area contributed by atoms with Gasteiger partial charge in [0.25, 0.3) is 0 Å². The lowest BCUT2D eigenvalue weighted by Gasteiger charge is -2.26. The molecule has 0 unspecified atom stereocenters. The van der Waals surface area contributed by atoms with Gasteiger partial charge in [-0.3, -0.25) is 0 Å². The Morgan fingerprint density at radius 2 is 1.29 bits per heavy atom. The fourth-order valence-corrected chi connectivity index (χ4v) is 5.83. The summed E-state index contributed by atoms with van der Waals surface area (Å²) in [5.74, 6) is 0. The van der Waals surface area contributed by atoms with Gasteiger partial charge in [0.15, 0.2) is 0 Å². The Morgan fingerprint density at radius 3 is 2.18 bits per heavy atom. The summed E-state index contributed by atoms with van der Waals surface area (Å²) >= 11 is 1.86. The molecule has 2 heteroatoms. The topological polar surface area (TPSA) is 3.24 Å². The number of anilines is 3. The van der Waals surface area contributed by atoms with E-state index in [0.717, 1.165) is 11.4 Å². The van der Waals surface area contributed by atoms with Gasteiger partial charge in [-0.05, 0) is 84.3 Å². The molecule has 0 aliphatic heterocycles. The van der Waals surface area contributed by atoms with Crippen molar-refractivity contribution in [2.45, 2.75) is 13.8 Å². The molecule has 0 saturated carbocycles. The molecule has 0 aliphatic carbocycles. The molecular formula is C32H25NS. The summed E-state index contributed by atoms with van der Waals surface area (Å²) in [6, 6.07) is 37.6. The standard InChI is InChI=1S/C32H25NS/c1-3-8-24-19-26(15-13-22(24)2)33(27-16-14-23-9-4-5-10-25(23)20-27)28-17-18-32-30(21-28)29-11-6-7-12-31(29)34-32/h3-21H,1-2H3/b8-3-. The molecule has 0 amide bonds. The first kappa shape index (κ1) is 20.7. The molecule has 34 heavy (non-hydrogen) atoms. The Labute approximate surface area is 204 Å². The third-order valence-electron chi connectivity index (χ3n) is 6.48. The lowest BCUT2D eigenvalue weighted by atomic mass is 10.0. The zero-order chi connectivity index (χ0) is 23.1. The summed E-state index contributed by atoms with van der Waals surface area (Å²) < 4.78 is 2.65. The number of allylic oxidation sites excluding steroid dienone is 1. The number of rotatable bonds is 4. The van der Waals surface area contributed by atoms with Gasteiger partial charge in [-0.2, -0.15) is 0 Å². The molecule has 0 atom stereocenters. The second-order valence-corrected chi connectivity index (χ2v) is 9.77. The van der Waals surface area contributed by atoms with Gasteiger partial charge in [-0.15, -0.1) is 11.3 Å². The van der Waals surface area contributed by atoms with Crippen molar-refractivity contribution in [3.05, 3.63) is 120 Å². The van der Waals surface area contributed by atoms with E-state index in [2.05, 4.69) is 134 Å². The fourth-order valence-electron chi connectivity index (χ4n) is 4.74. The van der Waals surface area contributed by atoms with E-state index in [1.165, 1.54) is 47.8 Å². The maximum atomic E-state index is 2.38. The zero-order valence-corrected chi connectivity index (χ0v) is 20.1. The number of nitrogens with zero attached hydrogens (tertiary/aromatic N) is 1. The van der Waals surface area contributed by atoms with Crippen molar-refractivity contribution in [1.82, 2.24) is 0 Å².